The number of carboxylic acid groups (broad SMARTS) is 1. The molecule has 0 aliphatic carbocycles. The Morgan fingerprint density at radius 1 is 1.67 bits per heavy atom. The first-order valence-corrected chi connectivity index (χ1v) is 2.82. The average Bonchev–Trinajstić information content (AvgIpc) is 1.63. The molecule has 9 heavy (non-hydrogen) atoms. The third kappa shape index (κ3) is 5.26. The number of hydrogen-bond donors (Lipinski definition) is 2. The number of carboxylic acids is 1. The van der Waals surface area contributed by atoms with E-state index in [2.05, 4.69) is 0 Å². The molecule has 0 bridgehead atoms. The molecule has 0 aliphatic heterocycles. The SMILES string of the molecule is CCCN(O)CC(=O)O. The number of nitrogens with zero attached hydrogens (tertiary/aromatic N) is 1. The molecule has 0 saturated heterocycles. The minimum absolute atomic E-state index is 0.298. The fraction of sp³-hybridized carbons (Fsp3) is 0.800. The van der Waals surface area contributed by atoms with Crippen LogP contribution < -0.4 is 0 Å². The lowest BCUT2D eigenvalue weighted by Gasteiger charge is -2.08. The Bertz CT molecular complexity index is 94.2. The first kappa shape index (κ1) is 8.39. The van der Waals surface area contributed by atoms with Gasteiger partial charge in [0.05, 0.1) is 0 Å². The van der Waals surface area contributed by atoms with Crippen molar-refractivity contribution >= 4 is 5.97 Å². The van der Waals surface area contributed by atoms with Gasteiger partial charge in [-0.05, 0) is 6.42 Å². The minimum atomic E-state index is -1.01. The summed E-state index contributed by atoms with van der Waals surface area (Å²) in [6.45, 7) is 1.98. The van der Waals surface area contributed by atoms with E-state index in [0.29, 0.717) is 6.54 Å². The van der Waals surface area contributed by atoms with E-state index in [-0.39, 0.29) is 6.54 Å². The molecule has 0 saturated carbocycles. The zero-order valence-corrected chi connectivity index (χ0v) is 5.37. The van der Waals surface area contributed by atoms with Gasteiger partial charge in [-0.3, -0.25) is 4.79 Å². The van der Waals surface area contributed by atoms with E-state index < -0.39 is 5.97 Å². The molecule has 0 atom stereocenters. The highest BCUT2D eigenvalue weighted by molar-refractivity contribution is 5.68. The van der Waals surface area contributed by atoms with Crippen molar-refractivity contribution < 1.29 is 15.1 Å². The summed E-state index contributed by atoms with van der Waals surface area (Å²) in [6.07, 6.45) is 0.754. The van der Waals surface area contributed by atoms with Crippen LogP contribution in [0.5, 0.6) is 0 Å². The van der Waals surface area contributed by atoms with E-state index in [4.69, 9.17) is 10.3 Å². The fourth-order valence-corrected chi connectivity index (χ4v) is 0.493. The summed E-state index contributed by atoms with van der Waals surface area (Å²) in [6, 6.07) is 0. The van der Waals surface area contributed by atoms with Gasteiger partial charge >= 0.3 is 5.97 Å². The van der Waals surface area contributed by atoms with Crippen LogP contribution in [0.4, 0.5) is 0 Å². The van der Waals surface area contributed by atoms with Gasteiger partial charge in [0, 0.05) is 6.54 Å². The van der Waals surface area contributed by atoms with Gasteiger partial charge in [-0.25, -0.2) is 0 Å². The Morgan fingerprint density at radius 3 is 2.56 bits per heavy atom. The summed E-state index contributed by atoms with van der Waals surface area (Å²) < 4.78 is 0. The van der Waals surface area contributed by atoms with Gasteiger partial charge < -0.3 is 10.3 Å². The number of rotatable bonds is 4. The van der Waals surface area contributed by atoms with E-state index >= 15 is 0 Å². The summed E-state index contributed by atoms with van der Waals surface area (Å²) >= 11 is 0. The van der Waals surface area contributed by atoms with Gasteiger partial charge in [0.15, 0.2) is 0 Å². The van der Waals surface area contributed by atoms with Crippen molar-refractivity contribution in [2.75, 3.05) is 13.1 Å². The molecule has 4 heteroatoms. The lowest BCUT2D eigenvalue weighted by Crippen LogP contribution is -2.26. The van der Waals surface area contributed by atoms with Crippen molar-refractivity contribution in [3.8, 4) is 0 Å². The van der Waals surface area contributed by atoms with Gasteiger partial charge in [-0.15, -0.1) is 0 Å². The highest BCUT2D eigenvalue weighted by Gasteiger charge is 2.02. The Labute approximate surface area is 53.7 Å². The van der Waals surface area contributed by atoms with E-state index in [9.17, 15) is 4.79 Å². The molecule has 0 aromatic carbocycles. The van der Waals surface area contributed by atoms with Crippen LogP contribution in [0.25, 0.3) is 0 Å². The first-order valence-electron chi connectivity index (χ1n) is 2.82. The van der Waals surface area contributed by atoms with Crippen LogP contribution in [0.15, 0.2) is 0 Å². The Hall–Kier alpha value is -0.610. The Morgan fingerprint density at radius 2 is 2.22 bits per heavy atom. The van der Waals surface area contributed by atoms with Gasteiger partial charge in [-0.1, -0.05) is 6.92 Å². The van der Waals surface area contributed by atoms with E-state index in [1.165, 1.54) is 0 Å². The van der Waals surface area contributed by atoms with Crippen molar-refractivity contribution in [3.63, 3.8) is 0 Å². The molecule has 0 fully saturated rings. The van der Waals surface area contributed by atoms with Crippen LogP contribution in [0.2, 0.25) is 0 Å². The predicted molar refractivity (Wildman–Crippen MR) is 31.3 cm³/mol. The summed E-state index contributed by atoms with van der Waals surface area (Å²) in [5, 5.41) is 17.6. The largest absolute Gasteiger partial charge is 0.480 e. The maximum Gasteiger partial charge on any atom is 0.320 e. The molecule has 2 N–H and O–H groups in total. The molecular weight excluding hydrogens is 122 g/mol. The monoisotopic (exact) mass is 133 g/mol. The standard InChI is InChI=1S/C5H11NO3/c1-2-3-6(9)4-5(7)8/h9H,2-4H2,1H3,(H,7,8). The van der Waals surface area contributed by atoms with Crippen molar-refractivity contribution in [3.05, 3.63) is 0 Å². The molecule has 0 unspecified atom stereocenters. The lowest BCUT2D eigenvalue weighted by atomic mass is 10.5. The summed E-state index contributed by atoms with van der Waals surface area (Å²) in [4.78, 5) is 9.88. The van der Waals surface area contributed by atoms with Crippen LogP contribution >= 0.6 is 0 Å². The van der Waals surface area contributed by atoms with E-state index in [0.717, 1.165) is 11.5 Å². The molecular formula is C5H11NO3. The maximum absolute atomic E-state index is 9.88. The summed E-state index contributed by atoms with van der Waals surface area (Å²) in [7, 11) is 0. The van der Waals surface area contributed by atoms with Crippen molar-refractivity contribution in [2.45, 2.75) is 13.3 Å². The van der Waals surface area contributed by atoms with Gasteiger partial charge in [0.1, 0.15) is 6.54 Å². The van der Waals surface area contributed by atoms with Crippen LogP contribution in [0, 0.1) is 0 Å². The van der Waals surface area contributed by atoms with Crippen molar-refractivity contribution in [2.24, 2.45) is 0 Å². The molecule has 0 spiro atoms. The number of aliphatic carboxylic acids is 1. The second kappa shape index (κ2) is 4.29. The van der Waals surface area contributed by atoms with Gasteiger partial charge in [0.2, 0.25) is 0 Å². The highest BCUT2D eigenvalue weighted by atomic mass is 16.5. The topological polar surface area (TPSA) is 60.8 Å². The van der Waals surface area contributed by atoms with E-state index in [1.807, 2.05) is 6.92 Å². The zero-order valence-electron chi connectivity index (χ0n) is 5.37. The van der Waals surface area contributed by atoms with Crippen LogP contribution in [0.1, 0.15) is 13.3 Å². The second-order valence-corrected chi connectivity index (χ2v) is 1.78. The van der Waals surface area contributed by atoms with Crippen LogP contribution in [0.3, 0.4) is 0 Å². The smallest absolute Gasteiger partial charge is 0.320 e. The first-order chi connectivity index (χ1) is 4.16. The Balaban J connectivity index is 3.26. The number of hydroxylamine groups is 2. The summed E-state index contributed by atoms with van der Waals surface area (Å²) in [5.41, 5.74) is 0. The summed E-state index contributed by atoms with van der Waals surface area (Å²) in [5.74, 6) is -1.01. The van der Waals surface area contributed by atoms with Gasteiger partial charge in [0.25, 0.3) is 0 Å². The van der Waals surface area contributed by atoms with E-state index in [1.54, 1.807) is 0 Å². The fourth-order valence-electron chi connectivity index (χ4n) is 0.493. The average molecular weight is 133 g/mol. The molecule has 54 valence electrons. The third-order valence-electron chi connectivity index (χ3n) is 0.799. The molecule has 4 nitrogen and oxygen atoms in total. The van der Waals surface area contributed by atoms with Crippen molar-refractivity contribution in [1.29, 1.82) is 0 Å². The molecule has 0 aromatic heterocycles. The highest BCUT2D eigenvalue weighted by Crippen LogP contribution is 1.83. The molecule has 0 aliphatic rings. The number of hydrogen-bond acceptors (Lipinski definition) is 3. The molecule has 0 aromatic rings. The molecule has 0 heterocycles. The quantitative estimate of drug-likeness (QED) is 0.537. The normalized spacial score (nSPS) is 10.1. The van der Waals surface area contributed by atoms with Crippen LogP contribution in [-0.4, -0.2) is 34.4 Å². The van der Waals surface area contributed by atoms with Crippen LogP contribution in [-0.2, 0) is 4.79 Å². The Kier molecular flexibility index (Phi) is 4.00. The van der Waals surface area contributed by atoms with Gasteiger partial charge in [-0.2, -0.15) is 5.06 Å². The van der Waals surface area contributed by atoms with Crippen molar-refractivity contribution in [1.82, 2.24) is 5.06 Å². The predicted octanol–water partition coefficient (Wildman–Crippen LogP) is 0.172. The minimum Gasteiger partial charge on any atom is -0.480 e. The zero-order chi connectivity index (χ0) is 7.28. The molecule has 0 rings (SSSR count). The third-order valence-corrected chi connectivity index (χ3v) is 0.799. The molecule has 0 radical (unpaired) electrons. The maximum atomic E-state index is 9.88. The lowest BCUT2D eigenvalue weighted by molar-refractivity contribution is -0.153. The number of carbonyl (C=O) groups is 1. The second-order valence-electron chi connectivity index (χ2n) is 1.78. The molecule has 0 amide bonds.